The van der Waals surface area contributed by atoms with E-state index in [0.717, 1.165) is 23.2 Å². The molecular formula is C18H19ClO4. The first-order chi connectivity index (χ1) is 11.0. The van der Waals surface area contributed by atoms with Crippen molar-refractivity contribution in [3.05, 3.63) is 52.0 Å². The van der Waals surface area contributed by atoms with Crippen LogP contribution < -0.4 is 14.2 Å². The van der Waals surface area contributed by atoms with E-state index in [1.54, 1.807) is 18.2 Å². The Balaban J connectivity index is 1.95. The normalized spacial score (nSPS) is 10.3. The molecule has 5 heteroatoms. The third-order valence-corrected chi connectivity index (χ3v) is 3.55. The van der Waals surface area contributed by atoms with Gasteiger partial charge in [-0.05, 0) is 55.3 Å². The average molecular weight is 335 g/mol. The Kier molecular flexibility index (Phi) is 5.88. The first-order valence-corrected chi connectivity index (χ1v) is 7.58. The van der Waals surface area contributed by atoms with Gasteiger partial charge in [0.2, 0.25) is 0 Å². The number of hydrogen-bond acceptors (Lipinski definition) is 4. The number of aldehydes is 1. The van der Waals surface area contributed by atoms with E-state index in [9.17, 15) is 4.79 Å². The molecule has 0 bridgehead atoms. The van der Waals surface area contributed by atoms with Crippen LogP contribution in [0.2, 0.25) is 5.02 Å². The largest absolute Gasteiger partial charge is 0.493 e. The molecule has 4 nitrogen and oxygen atoms in total. The molecule has 122 valence electrons. The van der Waals surface area contributed by atoms with Crippen LogP contribution in [-0.4, -0.2) is 26.6 Å². The lowest BCUT2D eigenvalue weighted by Gasteiger charge is -2.14. The fourth-order valence-electron chi connectivity index (χ4n) is 2.30. The van der Waals surface area contributed by atoms with Crippen molar-refractivity contribution in [3.8, 4) is 17.2 Å². The number of ether oxygens (including phenoxy) is 3. The SMILES string of the molecule is COc1cc(C=O)ccc1OCCOc1c(C)cc(Cl)cc1C. The highest BCUT2D eigenvalue weighted by molar-refractivity contribution is 6.30. The second kappa shape index (κ2) is 7.88. The predicted octanol–water partition coefficient (Wildman–Crippen LogP) is 4.24. The van der Waals surface area contributed by atoms with E-state index in [1.165, 1.54) is 7.11 Å². The molecule has 0 radical (unpaired) electrons. The van der Waals surface area contributed by atoms with Crippen molar-refractivity contribution in [3.63, 3.8) is 0 Å². The highest BCUT2D eigenvalue weighted by Gasteiger charge is 2.08. The number of methoxy groups -OCH3 is 1. The molecule has 2 aromatic rings. The van der Waals surface area contributed by atoms with E-state index < -0.39 is 0 Å². The van der Waals surface area contributed by atoms with Gasteiger partial charge in [-0.15, -0.1) is 0 Å². The molecular weight excluding hydrogens is 316 g/mol. The van der Waals surface area contributed by atoms with Crippen LogP contribution in [0, 0.1) is 13.8 Å². The first-order valence-electron chi connectivity index (χ1n) is 7.20. The van der Waals surface area contributed by atoms with E-state index >= 15 is 0 Å². The van der Waals surface area contributed by atoms with Crippen LogP contribution in [0.5, 0.6) is 17.2 Å². The Morgan fingerprint density at radius 2 is 1.65 bits per heavy atom. The van der Waals surface area contributed by atoms with Crippen LogP contribution in [0.25, 0.3) is 0 Å². The minimum atomic E-state index is 0.359. The highest BCUT2D eigenvalue weighted by atomic mass is 35.5. The lowest BCUT2D eigenvalue weighted by Crippen LogP contribution is -2.11. The third-order valence-electron chi connectivity index (χ3n) is 3.34. The topological polar surface area (TPSA) is 44.8 Å². The second-order valence-electron chi connectivity index (χ2n) is 5.09. The molecule has 0 aliphatic carbocycles. The molecule has 0 N–H and O–H groups in total. The monoisotopic (exact) mass is 334 g/mol. The van der Waals surface area contributed by atoms with Crippen LogP contribution in [-0.2, 0) is 0 Å². The van der Waals surface area contributed by atoms with Crippen LogP contribution in [0.3, 0.4) is 0 Å². The molecule has 0 fully saturated rings. The van der Waals surface area contributed by atoms with E-state index in [2.05, 4.69) is 0 Å². The summed E-state index contributed by atoms with van der Waals surface area (Å²) in [6, 6.07) is 8.76. The van der Waals surface area contributed by atoms with Crippen molar-refractivity contribution in [2.24, 2.45) is 0 Å². The zero-order valence-corrected chi connectivity index (χ0v) is 14.1. The fraction of sp³-hybridized carbons (Fsp3) is 0.278. The summed E-state index contributed by atoms with van der Waals surface area (Å²) in [6.45, 7) is 4.66. The Bertz CT molecular complexity index is 674. The van der Waals surface area contributed by atoms with Gasteiger partial charge in [0.25, 0.3) is 0 Å². The standard InChI is InChI=1S/C18H19ClO4/c1-12-8-15(19)9-13(2)18(12)23-7-6-22-16-5-4-14(11-20)10-17(16)21-3/h4-5,8-11H,6-7H2,1-3H3. The van der Waals surface area contributed by atoms with Gasteiger partial charge in [-0.25, -0.2) is 0 Å². The summed E-state index contributed by atoms with van der Waals surface area (Å²) in [6.07, 6.45) is 0.765. The van der Waals surface area contributed by atoms with Crippen molar-refractivity contribution in [1.82, 2.24) is 0 Å². The average Bonchev–Trinajstić information content (AvgIpc) is 2.53. The van der Waals surface area contributed by atoms with E-state index in [-0.39, 0.29) is 0 Å². The van der Waals surface area contributed by atoms with Gasteiger partial charge >= 0.3 is 0 Å². The van der Waals surface area contributed by atoms with Crippen molar-refractivity contribution in [1.29, 1.82) is 0 Å². The molecule has 2 aromatic carbocycles. The number of hydrogen-bond donors (Lipinski definition) is 0. The summed E-state index contributed by atoms with van der Waals surface area (Å²) in [7, 11) is 1.54. The van der Waals surface area contributed by atoms with Gasteiger partial charge in [0.15, 0.2) is 11.5 Å². The van der Waals surface area contributed by atoms with Crippen molar-refractivity contribution < 1.29 is 19.0 Å². The zero-order valence-electron chi connectivity index (χ0n) is 13.4. The number of halogens is 1. The number of carbonyl (C=O) groups is 1. The summed E-state index contributed by atoms with van der Waals surface area (Å²) in [5, 5.41) is 0.698. The maximum atomic E-state index is 10.8. The number of benzene rings is 2. The third kappa shape index (κ3) is 4.39. The molecule has 0 aliphatic rings. The summed E-state index contributed by atoms with van der Waals surface area (Å²) in [5.74, 6) is 1.92. The Morgan fingerprint density at radius 1 is 1.00 bits per heavy atom. The van der Waals surface area contributed by atoms with Gasteiger partial charge in [-0.1, -0.05) is 11.6 Å². The molecule has 23 heavy (non-hydrogen) atoms. The smallest absolute Gasteiger partial charge is 0.161 e. The Hall–Kier alpha value is -2.20. The van der Waals surface area contributed by atoms with Crippen LogP contribution in [0.1, 0.15) is 21.5 Å². The molecule has 0 aliphatic heterocycles. The van der Waals surface area contributed by atoms with E-state index in [0.29, 0.717) is 35.3 Å². The molecule has 0 amide bonds. The summed E-state index contributed by atoms with van der Waals surface area (Å²) < 4.78 is 16.7. The summed E-state index contributed by atoms with van der Waals surface area (Å²) >= 11 is 6.00. The van der Waals surface area contributed by atoms with Crippen molar-refractivity contribution in [2.75, 3.05) is 20.3 Å². The first kappa shape index (κ1) is 17.2. The van der Waals surface area contributed by atoms with E-state index in [4.69, 9.17) is 25.8 Å². The van der Waals surface area contributed by atoms with Gasteiger partial charge in [0.05, 0.1) is 7.11 Å². The molecule has 0 unspecified atom stereocenters. The van der Waals surface area contributed by atoms with E-state index in [1.807, 2.05) is 26.0 Å². The van der Waals surface area contributed by atoms with Crippen LogP contribution in [0.15, 0.2) is 30.3 Å². The summed E-state index contributed by atoms with van der Waals surface area (Å²) in [4.78, 5) is 10.8. The zero-order chi connectivity index (χ0) is 16.8. The maximum Gasteiger partial charge on any atom is 0.161 e. The van der Waals surface area contributed by atoms with Crippen LogP contribution >= 0.6 is 11.6 Å². The van der Waals surface area contributed by atoms with Gasteiger partial charge in [-0.2, -0.15) is 0 Å². The van der Waals surface area contributed by atoms with Gasteiger partial charge < -0.3 is 14.2 Å². The van der Waals surface area contributed by atoms with Gasteiger partial charge in [0.1, 0.15) is 25.2 Å². The fourth-order valence-corrected chi connectivity index (χ4v) is 2.62. The quantitative estimate of drug-likeness (QED) is 0.561. The second-order valence-corrected chi connectivity index (χ2v) is 5.53. The minimum absolute atomic E-state index is 0.359. The lowest BCUT2D eigenvalue weighted by atomic mass is 10.1. The molecule has 0 atom stereocenters. The predicted molar refractivity (Wildman–Crippen MR) is 90.3 cm³/mol. The molecule has 2 rings (SSSR count). The minimum Gasteiger partial charge on any atom is -0.493 e. The van der Waals surface area contributed by atoms with Gasteiger partial charge in [-0.3, -0.25) is 4.79 Å². The molecule has 0 spiro atoms. The Morgan fingerprint density at radius 3 is 2.26 bits per heavy atom. The number of carbonyl (C=O) groups excluding carboxylic acids is 1. The molecule has 0 heterocycles. The van der Waals surface area contributed by atoms with Gasteiger partial charge in [0, 0.05) is 10.6 Å². The highest BCUT2D eigenvalue weighted by Crippen LogP contribution is 2.28. The number of aryl methyl sites for hydroxylation is 2. The maximum absolute atomic E-state index is 10.8. The molecule has 0 saturated carbocycles. The van der Waals surface area contributed by atoms with Crippen molar-refractivity contribution in [2.45, 2.75) is 13.8 Å². The summed E-state index contributed by atoms with van der Waals surface area (Å²) in [5.41, 5.74) is 2.52. The van der Waals surface area contributed by atoms with Crippen LogP contribution in [0.4, 0.5) is 0 Å². The molecule has 0 saturated heterocycles. The van der Waals surface area contributed by atoms with Crippen molar-refractivity contribution >= 4 is 17.9 Å². The Labute approximate surface area is 140 Å². The molecule has 0 aromatic heterocycles. The number of rotatable bonds is 7. The lowest BCUT2D eigenvalue weighted by molar-refractivity contribution is 0.112.